The van der Waals surface area contributed by atoms with E-state index in [9.17, 15) is 0 Å². The fourth-order valence-electron chi connectivity index (χ4n) is 2.61. The summed E-state index contributed by atoms with van der Waals surface area (Å²) in [6.07, 6.45) is 9.14. The third kappa shape index (κ3) is 2.78. The predicted molar refractivity (Wildman–Crippen MR) is 72.9 cm³/mol. The molecule has 1 aromatic rings. The van der Waals surface area contributed by atoms with E-state index in [1.54, 1.807) is 12.3 Å². The number of hydrogen-bond acceptors (Lipinski definition) is 4. The molecule has 0 amide bonds. The van der Waals surface area contributed by atoms with Gasteiger partial charge in [-0.15, -0.1) is 5.10 Å². The topological polar surface area (TPSA) is 78.9 Å². The number of hydrogen-bond donors (Lipinski definition) is 2. The zero-order chi connectivity index (χ0) is 13.0. The Kier molecular flexibility index (Phi) is 4.12. The molecule has 1 saturated carbocycles. The number of anilines is 1. The molecule has 0 unspecified atom stereocenters. The second-order valence-electron chi connectivity index (χ2n) is 4.94. The maximum absolute atomic E-state index is 7.61. The van der Waals surface area contributed by atoms with Crippen LogP contribution in [0.4, 0.5) is 5.82 Å². The molecule has 0 aliphatic heterocycles. The fourth-order valence-corrected chi connectivity index (χ4v) is 2.61. The summed E-state index contributed by atoms with van der Waals surface area (Å²) < 4.78 is 0. The van der Waals surface area contributed by atoms with Gasteiger partial charge in [0.15, 0.2) is 5.82 Å². The van der Waals surface area contributed by atoms with Gasteiger partial charge < -0.3 is 10.6 Å². The van der Waals surface area contributed by atoms with Crippen molar-refractivity contribution in [3.8, 4) is 0 Å². The SMILES string of the molecule is CN(c1nnccc1C(=N)N)C1CCCCCC1. The Bertz CT molecular complexity index is 410. The summed E-state index contributed by atoms with van der Waals surface area (Å²) in [5, 5.41) is 15.7. The van der Waals surface area contributed by atoms with Crippen LogP contribution >= 0.6 is 0 Å². The Morgan fingerprint density at radius 3 is 2.61 bits per heavy atom. The zero-order valence-corrected chi connectivity index (χ0v) is 10.9. The Hall–Kier alpha value is -1.65. The average Bonchev–Trinajstić information content (AvgIpc) is 2.66. The number of nitrogens with one attached hydrogen (secondary N) is 1. The lowest BCUT2D eigenvalue weighted by Crippen LogP contribution is -2.34. The first-order chi connectivity index (χ1) is 8.70. The summed E-state index contributed by atoms with van der Waals surface area (Å²) in [5.74, 6) is 0.789. The summed E-state index contributed by atoms with van der Waals surface area (Å²) >= 11 is 0. The number of nitrogens with zero attached hydrogens (tertiary/aromatic N) is 3. The number of aromatic nitrogens is 2. The van der Waals surface area contributed by atoms with Crippen LogP contribution in [0.3, 0.4) is 0 Å². The molecule has 1 fully saturated rings. The molecule has 0 spiro atoms. The molecule has 1 heterocycles. The van der Waals surface area contributed by atoms with Gasteiger partial charge >= 0.3 is 0 Å². The molecule has 1 aliphatic carbocycles. The molecule has 0 saturated heterocycles. The van der Waals surface area contributed by atoms with Crippen molar-refractivity contribution in [1.82, 2.24) is 10.2 Å². The van der Waals surface area contributed by atoms with E-state index in [0.29, 0.717) is 11.6 Å². The van der Waals surface area contributed by atoms with E-state index in [0.717, 1.165) is 5.82 Å². The molecule has 0 radical (unpaired) electrons. The first-order valence-electron chi connectivity index (χ1n) is 6.59. The number of amidine groups is 1. The zero-order valence-electron chi connectivity index (χ0n) is 10.9. The van der Waals surface area contributed by atoms with E-state index >= 15 is 0 Å². The molecular formula is C13H21N5. The molecule has 18 heavy (non-hydrogen) atoms. The third-order valence-electron chi connectivity index (χ3n) is 3.70. The summed E-state index contributed by atoms with van der Waals surface area (Å²) in [5.41, 5.74) is 6.28. The van der Waals surface area contributed by atoms with Gasteiger partial charge in [-0.2, -0.15) is 5.10 Å². The Balaban J connectivity index is 2.21. The van der Waals surface area contributed by atoms with Crippen LogP contribution < -0.4 is 10.6 Å². The van der Waals surface area contributed by atoms with Crippen molar-refractivity contribution in [3.63, 3.8) is 0 Å². The van der Waals surface area contributed by atoms with Crippen LogP contribution in [0.5, 0.6) is 0 Å². The van der Waals surface area contributed by atoms with E-state index in [-0.39, 0.29) is 5.84 Å². The second-order valence-corrected chi connectivity index (χ2v) is 4.94. The molecule has 2 rings (SSSR count). The van der Waals surface area contributed by atoms with Gasteiger partial charge in [0.25, 0.3) is 0 Å². The van der Waals surface area contributed by atoms with Gasteiger partial charge in [-0.1, -0.05) is 25.7 Å². The van der Waals surface area contributed by atoms with Crippen LogP contribution in [0.2, 0.25) is 0 Å². The molecule has 0 bridgehead atoms. The molecule has 3 N–H and O–H groups in total. The number of nitrogens with two attached hydrogens (primary N) is 1. The molecular weight excluding hydrogens is 226 g/mol. The van der Waals surface area contributed by atoms with Crippen molar-refractivity contribution in [2.75, 3.05) is 11.9 Å². The third-order valence-corrected chi connectivity index (χ3v) is 3.70. The van der Waals surface area contributed by atoms with Gasteiger partial charge in [0, 0.05) is 13.1 Å². The highest BCUT2D eigenvalue weighted by molar-refractivity contribution is 5.99. The van der Waals surface area contributed by atoms with Crippen LogP contribution in [-0.2, 0) is 0 Å². The standard InChI is InChI=1S/C13H21N5/c1-18(10-6-4-2-3-5-7-10)13-11(12(14)15)8-9-16-17-13/h8-10H,2-7H2,1H3,(H3,14,15). The van der Waals surface area contributed by atoms with Gasteiger partial charge in [-0.25, -0.2) is 0 Å². The predicted octanol–water partition coefficient (Wildman–Crippen LogP) is 1.92. The van der Waals surface area contributed by atoms with Crippen molar-refractivity contribution < 1.29 is 0 Å². The molecule has 1 aliphatic rings. The van der Waals surface area contributed by atoms with Crippen molar-refractivity contribution in [2.45, 2.75) is 44.6 Å². The first-order valence-corrected chi connectivity index (χ1v) is 6.59. The maximum atomic E-state index is 7.61. The first kappa shape index (κ1) is 12.8. The Labute approximate surface area is 108 Å². The van der Waals surface area contributed by atoms with Crippen LogP contribution in [0, 0.1) is 5.41 Å². The highest BCUT2D eigenvalue weighted by Gasteiger charge is 2.21. The lowest BCUT2D eigenvalue weighted by Gasteiger charge is -2.29. The Morgan fingerprint density at radius 1 is 1.33 bits per heavy atom. The highest BCUT2D eigenvalue weighted by atomic mass is 15.3. The van der Waals surface area contributed by atoms with Crippen LogP contribution in [0.1, 0.15) is 44.1 Å². The molecule has 0 atom stereocenters. The van der Waals surface area contributed by atoms with Crippen molar-refractivity contribution in [3.05, 3.63) is 17.8 Å². The quantitative estimate of drug-likeness (QED) is 0.486. The van der Waals surface area contributed by atoms with Crippen molar-refractivity contribution in [1.29, 1.82) is 5.41 Å². The lowest BCUT2D eigenvalue weighted by atomic mass is 10.1. The molecule has 5 nitrogen and oxygen atoms in total. The van der Waals surface area contributed by atoms with Crippen molar-refractivity contribution >= 4 is 11.7 Å². The average molecular weight is 247 g/mol. The fraction of sp³-hybridized carbons (Fsp3) is 0.615. The lowest BCUT2D eigenvalue weighted by molar-refractivity contribution is 0.547. The maximum Gasteiger partial charge on any atom is 0.162 e. The molecule has 5 heteroatoms. The van der Waals surface area contributed by atoms with E-state index in [1.807, 2.05) is 7.05 Å². The summed E-state index contributed by atoms with van der Waals surface area (Å²) in [7, 11) is 2.03. The van der Waals surface area contributed by atoms with Gasteiger partial charge in [0.1, 0.15) is 5.84 Å². The van der Waals surface area contributed by atoms with E-state index in [4.69, 9.17) is 11.1 Å². The molecule has 1 aromatic heterocycles. The van der Waals surface area contributed by atoms with Crippen LogP contribution in [-0.4, -0.2) is 29.1 Å². The number of nitrogen functional groups attached to an aromatic ring is 1. The highest BCUT2D eigenvalue weighted by Crippen LogP contribution is 2.25. The largest absolute Gasteiger partial charge is 0.384 e. The smallest absolute Gasteiger partial charge is 0.162 e. The van der Waals surface area contributed by atoms with Gasteiger partial charge in [-0.05, 0) is 18.9 Å². The van der Waals surface area contributed by atoms with Crippen molar-refractivity contribution in [2.24, 2.45) is 5.73 Å². The normalized spacial score (nSPS) is 17.2. The van der Waals surface area contributed by atoms with Gasteiger partial charge in [-0.3, -0.25) is 5.41 Å². The van der Waals surface area contributed by atoms with E-state index < -0.39 is 0 Å². The Morgan fingerprint density at radius 2 is 2.00 bits per heavy atom. The number of rotatable bonds is 3. The van der Waals surface area contributed by atoms with E-state index in [2.05, 4.69) is 15.1 Å². The van der Waals surface area contributed by atoms with E-state index in [1.165, 1.54) is 38.5 Å². The minimum absolute atomic E-state index is 0.0559. The minimum Gasteiger partial charge on any atom is -0.384 e. The summed E-state index contributed by atoms with van der Waals surface area (Å²) in [6.45, 7) is 0. The summed E-state index contributed by atoms with van der Waals surface area (Å²) in [6, 6.07) is 2.25. The molecule has 98 valence electrons. The van der Waals surface area contributed by atoms with Crippen LogP contribution in [0.15, 0.2) is 12.3 Å². The monoisotopic (exact) mass is 247 g/mol. The molecule has 0 aromatic carbocycles. The summed E-state index contributed by atoms with van der Waals surface area (Å²) in [4.78, 5) is 2.15. The van der Waals surface area contributed by atoms with Gasteiger partial charge in [0.2, 0.25) is 0 Å². The second kappa shape index (κ2) is 5.80. The minimum atomic E-state index is 0.0559. The van der Waals surface area contributed by atoms with Gasteiger partial charge in [0.05, 0.1) is 11.8 Å². The van der Waals surface area contributed by atoms with Crippen LogP contribution in [0.25, 0.3) is 0 Å².